The Morgan fingerprint density at radius 2 is 1.75 bits per heavy atom. The second-order valence-corrected chi connectivity index (χ2v) is 6.13. The van der Waals surface area contributed by atoms with Gasteiger partial charge in [-0.15, -0.1) is 0 Å². The van der Waals surface area contributed by atoms with Crippen molar-refractivity contribution in [2.45, 2.75) is 27.2 Å². The van der Waals surface area contributed by atoms with Gasteiger partial charge >= 0.3 is 0 Å². The number of benzene rings is 1. The van der Waals surface area contributed by atoms with Crippen LogP contribution in [0.2, 0.25) is 15.1 Å². The van der Waals surface area contributed by atoms with E-state index in [9.17, 15) is 4.79 Å². The number of hydrogen-bond acceptors (Lipinski definition) is 1. The molecule has 0 saturated carbocycles. The Hall–Kier alpha value is -0.240. The van der Waals surface area contributed by atoms with Gasteiger partial charge in [0.05, 0.1) is 10.0 Å². The van der Waals surface area contributed by atoms with E-state index in [1.54, 1.807) is 6.07 Å². The number of hydrogen-bond donors (Lipinski definition) is 0. The first kappa shape index (κ1) is 13.8. The highest BCUT2D eigenvalue weighted by Gasteiger charge is 2.20. The van der Waals surface area contributed by atoms with Crippen molar-refractivity contribution in [3.05, 3.63) is 32.8 Å². The number of ketones is 1. The lowest BCUT2D eigenvalue weighted by molar-refractivity contribution is 0.0940. The smallest absolute Gasteiger partial charge is 0.165 e. The predicted octanol–water partition coefficient (Wildman–Crippen LogP) is 5.27. The van der Waals surface area contributed by atoms with Gasteiger partial charge in [0.1, 0.15) is 0 Å². The van der Waals surface area contributed by atoms with Crippen LogP contribution in [0.3, 0.4) is 0 Å². The Bertz CT molecular complexity index is 419. The molecule has 0 fully saturated rings. The molecule has 0 aliphatic rings. The molecule has 0 aliphatic heterocycles. The first-order valence-electron chi connectivity index (χ1n) is 4.88. The highest BCUT2D eigenvalue weighted by molar-refractivity contribution is 6.45. The van der Waals surface area contributed by atoms with Gasteiger partial charge in [-0.1, -0.05) is 55.6 Å². The minimum atomic E-state index is -0.0881. The molecule has 0 heterocycles. The molecule has 0 atom stereocenters. The van der Waals surface area contributed by atoms with Crippen molar-refractivity contribution in [1.29, 1.82) is 0 Å². The third-order valence-electron chi connectivity index (χ3n) is 1.98. The monoisotopic (exact) mass is 278 g/mol. The first-order chi connectivity index (χ1) is 7.20. The first-order valence-corrected chi connectivity index (χ1v) is 6.02. The SMILES string of the molecule is CC(C)(C)CC(=O)c1cc(Cl)cc(Cl)c1Cl. The molecule has 88 valence electrons. The fraction of sp³-hybridized carbons (Fsp3) is 0.417. The molecule has 0 N–H and O–H groups in total. The summed E-state index contributed by atoms with van der Waals surface area (Å²) >= 11 is 17.7. The van der Waals surface area contributed by atoms with Crippen LogP contribution in [0, 0.1) is 5.41 Å². The average molecular weight is 280 g/mol. The van der Waals surface area contributed by atoms with Crippen molar-refractivity contribution in [3.8, 4) is 0 Å². The van der Waals surface area contributed by atoms with E-state index in [2.05, 4.69) is 0 Å². The van der Waals surface area contributed by atoms with Crippen molar-refractivity contribution in [3.63, 3.8) is 0 Å². The zero-order valence-electron chi connectivity index (χ0n) is 9.40. The minimum Gasteiger partial charge on any atom is -0.294 e. The molecule has 0 aromatic heterocycles. The lowest BCUT2D eigenvalue weighted by Crippen LogP contribution is -2.13. The summed E-state index contributed by atoms with van der Waals surface area (Å²) in [6, 6.07) is 3.09. The molecule has 0 spiro atoms. The Morgan fingerprint density at radius 1 is 1.19 bits per heavy atom. The minimum absolute atomic E-state index is 0.0399. The van der Waals surface area contributed by atoms with Crippen LogP contribution in [0.1, 0.15) is 37.6 Å². The van der Waals surface area contributed by atoms with Gasteiger partial charge in [-0.3, -0.25) is 4.79 Å². The second kappa shape index (κ2) is 4.95. The van der Waals surface area contributed by atoms with E-state index in [1.807, 2.05) is 20.8 Å². The molecule has 1 rings (SSSR count). The zero-order valence-corrected chi connectivity index (χ0v) is 11.7. The summed E-state index contributed by atoms with van der Waals surface area (Å²) in [7, 11) is 0. The standard InChI is InChI=1S/C12H13Cl3O/c1-12(2,3)6-10(16)8-4-7(13)5-9(14)11(8)15/h4-5H,6H2,1-3H3. The highest BCUT2D eigenvalue weighted by Crippen LogP contribution is 2.32. The van der Waals surface area contributed by atoms with Crippen LogP contribution in [0.25, 0.3) is 0 Å². The number of carbonyl (C=O) groups is 1. The van der Waals surface area contributed by atoms with Gasteiger partial charge in [-0.2, -0.15) is 0 Å². The molecule has 1 nitrogen and oxygen atoms in total. The van der Waals surface area contributed by atoms with Crippen LogP contribution in [0.15, 0.2) is 12.1 Å². The van der Waals surface area contributed by atoms with E-state index in [-0.39, 0.29) is 16.2 Å². The summed E-state index contributed by atoms with van der Waals surface area (Å²) in [5.74, 6) is -0.0399. The summed E-state index contributed by atoms with van der Waals surface area (Å²) < 4.78 is 0. The lowest BCUT2D eigenvalue weighted by Gasteiger charge is -2.17. The Morgan fingerprint density at radius 3 is 2.25 bits per heavy atom. The maximum Gasteiger partial charge on any atom is 0.165 e. The van der Waals surface area contributed by atoms with E-state index in [0.29, 0.717) is 22.0 Å². The summed E-state index contributed by atoms with van der Waals surface area (Å²) in [6.45, 7) is 5.97. The van der Waals surface area contributed by atoms with Crippen LogP contribution in [0.4, 0.5) is 0 Å². The van der Waals surface area contributed by atoms with Crippen molar-refractivity contribution in [1.82, 2.24) is 0 Å². The third kappa shape index (κ3) is 3.65. The fourth-order valence-corrected chi connectivity index (χ4v) is 2.04. The number of halogens is 3. The van der Waals surface area contributed by atoms with Gasteiger partial charge in [0.2, 0.25) is 0 Å². The predicted molar refractivity (Wildman–Crippen MR) is 69.9 cm³/mol. The van der Waals surface area contributed by atoms with Crippen LogP contribution >= 0.6 is 34.8 Å². The fourth-order valence-electron chi connectivity index (χ4n) is 1.34. The normalized spacial score (nSPS) is 11.6. The molecule has 1 aromatic rings. The largest absolute Gasteiger partial charge is 0.294 e. The maximum absolute atomic E-state index is 12.0. The van der Waals surface area contributed by atoms with E-state index in [0.717, 1.165) is 0 Å². The number of Topliss-reactive ketones (excluding diaryl/α,β-unsaturated/α-hetero) is 1. The van der Waals surface area contributed by atoms with Crippen molar-refractivity contribution < 1.29 is 4.79 Å². The van der Waals surface area contributed by atoms with Crippen LogP contribution < -0.4 is 0 Å². The Kier molecular flexibility index (Phi) is 4.28. The lowest BCUT2D eigenvalue weighted by atomic mass is 9.88. The van der Waals surface area contributed by atoms with E-state index in [4.69, 9.17) is 34.8 Å². The molecule has 0 unspecified atom stereocenters. The topological polar surface area (TPSA) is 17.1 Å². The molecule has 4 heteroatoms. The highest BCUT2D eigenvalue weighted by atomic mass is 35.5. The van der Waals surface area contributed by atoms with Crippen LogP contribution in [-0.2, 0) is 0 Å². The molecule has 0 radical (unpaired) electrons. The summed E-state index contributed by atoms with van der Waals surface area (Å²) in [6.07, 6.45) is 0.406. The molecule has 0 aliphatic carbocycles. The van der Waals surface area contributed by atoms with Crippen LogP contribution in [0.5, 0.6) is 0 Å². The molecular weight excluding hydrogens is 266 g/mol. The molecular formula is C12H13Cl3O. The maximum atomic E-state index is 12.0. The van der Waals surface area contributed by atoms with E-state index in [1.165, 1.54) is 6.07 Å². The summed E-state index contributed by atoms with van der Waals surface area (Å²) in [5.41, 5.74) is 0.309. The summed E-state index contributed by atoms with van der Waals surface area (Å²) in [4.78, 5) is 12.0. The third-order valence-corrected chi connectivity index (χ3v) is 3.00. The van der Waals surface area contributed by atoms with Gasteiger partial charge in [0, 0.05) is 17.0 Å². The quantitative estimate of drug-likeness (QED) is 0.533. The zero-order chi connectivity index (χ0) is 12.5. The molecule has 0 amide bonds. The molecule has 1 aromatic carbocycles. The van der Waals surface area contributed by atoms with Crippen molar-refractivity contribution in [2.24, 2.45) is 5.41 Å². The molecule has 0 saturated heterocycles. The van der Waals surface area contributed by atoms with Gasteiger partial charge in [0.25, 0.3) is 0 Å². The van der Waals surface area contributed by atoms with E-state index < -0.39 is 0 Å². The van der Waals surface area contributed by atoms with Crippen molar-refractivity contribution in [2.75, 3.05) is 0 Å². The van der Waals surface area contributed by atoms with Crippen molar-refractivity contribution >= 4 is 40.6 Å². The Labute approximate surface area is 111 Å². The van der Waals surface area contributed by atoms with Gasteiger partial charge in [0.15, 0.2) is 5.78 Å². The number of rotatable bonds is 2. The van der Waals surface area contributed by atoms with Gasteiger partial charge < -0.3 is 0 Å². The second-order valence-electron chi connectivity index (χ2n) is 4.91. The molecule has 0 bridgehead atoms. The molecule has 16 heavy (non-hydrogen) atoms. The van der Waals surface area contributed by atoms with Gasteiger partial charge in [-0.25, -0.2) is 0 Å². The summed E-state index contributed by atoms with van der Waals surface area (Å²) in [5, 5.41) is 1.01. The Balaban J connectivity index is 3.09. The van der Waals surface area contributed by atoms with E-state index >= 15 is 0 Å². The number of carbonyl (C=O) groups excluding carboxylic acids is 1. The van der Waals surface area contributed by atoms with Gasteiger partial charge in [-0.05, 0) is 17.5 Å². The average Bonchev–Trinajstić information content (AvgIpc) is 2.08. The van der Waals surface area contributed by atoms with Crippen LogP contribution in [-0.4, -0.2) is 5.78 Å².